The smallest absolute Gasteiger partial charge is 0.250 e. The summed E-state index contributed by atoms with van der Waals surface area (Å²) in [5.41, 5.74) is 0. The Morgan fingerprint density at radius 3 is 2.71 bits per heavy atom. The maximum absolute atomic E-state index is 12.4. The summed E-state index contributed by atoms with van der Waals surface area (Å²) in [6, 6.07) is 3.55. The predicted octanol–water partition coefficient (Wildman–Crippen LogP) is 1.27. The fraction of sp³-hybridized carbons (Fsp3) is 0.714. The van der Waals surface area contributed by atoms with Crippen LogP contribution in [0.4, 0.5) is 0 Å². The van der Waals surface area contributed by atoms with Gasteiger partial charge in [0.05, 0.1) is 0 Å². The average molecular weight is 332 g/mol. The molecule has 1 unspecified atom stereocenters. The molecule has 2 rings (SSSR count). The van der Waals surface area contributed by atoms with Crippen molar-refractivity contribution in [1.82, 2.24) is 14.9 Å². The summed E-state index contributed by atoms with van der Waals surface area (Å²) in [6.45, 7) is 5.75. The van der Waals surface area contributed by atoms with E-state index in [1.165, 1.54) is 24.2 Å². The lowest BCUT2D eigenvalue weighted by atomic mass is 10.3. The summed E-state index contributed by atoms with van der Waals surface area (Å²) >= 11 is 1.36. The first-order valence-corrected chi connectivity index (χ1v) is 9.79. The molecule has 120 valence electrons. The molecular weight excluding hydrogens is 306 g/mol. The lowest BCUT2D eigenvalue weighted by Gasteiger charge is -2.20. The molecule has 1 aromatic rings. The number of rotatable bonds is 8. The van der Waals surface area contributed by atoms with Crippen molar-refractivity contribution in [3.63, 3.8) is 0 Å². The Morgan fingerprint density at radius 1 is 1.33 bits per heavy atom. The van der Waals surface area contributed by atoms with Crippen molar-refractivity contribution in [2.24, 2.45) is 0 Å². The van der Waals surface area contributed by atoms with E-state index in [1.807, 2.05) is 20.0 Å². The van der Waals surface area contributed by atoms with Crippen molar-refractivity contribution in [2.45, 2.75) is 36.4 Å². The molecule has 1 saturated heterocycles. The SMILES string of the molecule is CNCCc1ccc(S(=O)(=O)NC(C)CN2CCCC2)s1. The minimum absolute atomic E-state index is 0.0593. The van der Waals surface area contributed by atoms with Crippen LogP contribution in [0.2, 0.25) is 0 Å². The van der Waals surface area contributed by atoms with Crippen LogP contribution in [0.3, 0.4) is 0 Å². The minimum atomic E-state index is -3.38. The van der Waals surface area contributed by atoms with Gasteiger partial charge in [-0.05, 0) is 65.0 Å². The van der Waals surface area contributed by atoms with Crippen LogP contribution >= 0.6 is 11.3 Å². The van der Waals surface area contributed by atoms with Gasteiger partial charge in [-0.2, -0.15) is 0 Å². The molecule has 21 heavy (non-hydrogen) atoms. The maximum atomic E-state index is 12.4. The van der Waals surface area contributed by atoms with Gasteiger partial charge < -0.3 is 10.2 Å². The zero-order valence-electron chi connectivity index (χ0n) is 12.8. The van der Waals surface area contributed by atoms with Crippen molar-refractivity contribution >= 4 is 21.4 Å². The molecule has 1 aliphatic rings. The summed E-state index contributed by atoms with van der Waals surface area (Å²) in [4.78, 5) is 3.41. The van der Waals surface area contributed by atoms with E-state index in [0.29, 0.717) is 4.21 Å². The highest BCUT2D eigenvalue weighted by Gasteiger charge is 2.22. The molecule has 2 heterocycles. The largest absolute Gasteiger partial charge is 0.319 e. The van der Waals surface area contributed by atoms with E-state index in [2.05, 4.69) is 14.9 Å². The highest BCUT2D eigenvalue weighted by atomic mass is 32.2. The summed E-state index contributed by atoms with van der Waals surface area (Å²) in [5.74, 6) is 0. The topological polar surface area (TPSA) is 61.4 Å². The van der Waals surface area contributed by atoms with Gasteiger partial charge in [0.1, 0.15) is 4.21 Å². The Hall–Kier alpha value is -0.470. The molecule has 2 N–H and O–H groups in total. The van der Waals surface area contributed by atoms with Crippen molar-refractivity contribution in [2.75, 3.05) is 33.2 Å². The summed E-state index contributed by atoms with van der Waals surface area (Å²) in [6.07, 6.45) is 3.30. The van der Waals surface area contributed by atoms with E-state index >= 15 is 0 Å². The number of likely N-dealkylation sites (tertiary alicyclic amines) is 1. The molecule has 1 aromatic heterocycles. The summed E-state index contributed by atoms with van der Waals surface area (Å²) in [7, 11) is -1.49. The van der Waals surface area contributed by atoms with Gasteiger partial charge in [0.2, 0.25) is 10.0 Å². The van der Waals surface area contributed by atoms with Crippen LogP contribution in [0.5, 0.6) is 0 Å². The van der Waals surface area contributed by atoms with Gasteiger partial charge in [0.15, 0.2) is 0 Å². The van der Waals surface area contributed by atoms with Crippen LogP contribution in [-0.2, 0) is 16.4 Å². The van der Waals surface area contributed by atoms with E-state index in [4.69, 9.17) is 0 Å². The molecule has 1 aliphatic heterocycles. The molecule has 0 saturated carbocycles. The average Bonchev–Trinajstić information content (AvgIpc) is 3.06. The van der Waals surface area contributed by atoms with Crippen LogP contribution in [0.1, 0.15) is 24.6 Å². The molecule has 5 nitrogen and oxygen atoms in total. The second-order valence-electron chi connectivity index (χ2n) is 5.60. The third kappa shape index (κ3) is 5.03. The molecule has 1 fully saturated rings. The standard InChI is InChI=1S/C14H25N3O2S2/c1-12(11-17-9-3-4-10-17)16-21(18,19)14-6-5-13(20-14)7-8-15-2/h5-6,12,15-16H,3-4,7-11H2,1-2H3. The number of thiophene rings is 1. The van der Waals surface area contributed by atoms with Gasteiger partial charge in [0.25, 0.3) is 0 Å². The minimum Gasteiger partial charge on any atom is -0.319 e. The Morgan fingerprint density at radius 2 is 2.05 bits per heavy atom. The number of nitrogens with one attached hydrogen (secondary N) is 2. The molecule has 0 spiro atoms. The quantitative estimate of drug-likeness (QED) is 0.753. The van der Waals surface area contributed by atoms with E-state index < -0.39 is 10.0 Å². The molecule has 0 bridgehead atoms. The second kappa shape index (κ2) is 7.69. The number of nitrogens with zero attached hydrogens (tertiary/aromatic N) is 1. The van der Waals surface area contributed by atoms with E-state index in [1.54, 1.807) is 6.07 Å². The van der Waals surface area contributed by atoms with Crippen molar-refractivity contribution < 1.29 is 8.42 Å². The van der Waals surface area contributed by atoms with E-state index in [0.717, 1.165) is 37.5 Å². The van der Waals surface area contributed by atoms with Gasteiger partial charge in [-0.15, -0.1) is 11.3 Å². The Balaban J connectivity index is 1.92. The van der Waals surface area contributed by atoms with Crippen LogP contribution in [0, 0.1) is 0 Å². The monoisotopic (exact) mass is 331 g/mol. The predicted molar refractivity (Wildman–Crippen MR) is 87.4 cm³/mol. The molecular formula is C14H25N3O2S2. The molecule has 0 aliphatic carbocycles. The van der Waals surface area contributed by atoms with Crippen molar-refractivity contribution in [3.8, 4) is 0 Å². The zero-order chi connectivity index (χ0) is 15.3. The van der Waals surface area contributed by atoms with Gasteiger partial charge >= 0.3 is 0 Å². The lowest BCUT2D eigenvalue weighted by Crippen LogP contribution is -2.40. The zero-order valence-corrected chi connectivity index (χ0v) is 14.4. The fourth-order valence-electron chi connectivity index (χ4n) is 2.60. The highest BCUT2D eigenvalue weighted by molar-refractivity contribution is 7.91. The van der Waals surface area contributed by atoms with Gasteiger partial charge in [-0.1, -0.05) is 0 Å². The molecule has 0 amide bonds. The Bertz CT molecular complexity index is 536. The summed E-state index contributed by atoms with van der Waals surface area (Å²) < 4.78 is 27.9. The van der Waals surface area contributed by atoms with Crippen LogP contribution in [-0.4, -0.2) is 52.6 Å². The van der Waals surface area contributed by atoms with Crippen molar-refractivity contribution in [3.05, 3.63) is 17.0 Å². The number of sulfonamides is 1. The second-order valence-corrected chi connectivity index (χ2v) is 8.71. The molecule has 0 radical (unpaired) electrons. The molecule has 1 atom stereocenters. The maximum Gasteiger partial charge on any atom is 0.250 e. The van der Waals surface area contributed by atoms with Gasteiger partial charge in [0, 0.05) is 17.5 Å². The first kappa shape index (κ1) is 16.9. The normalized spacial score (nSPS) is 18.2. The van der Waals surface area contributed by atoms with Crippen LogP contribution in [0.25, 0.3) is 0 Å². The third-order valence-corrected chi connectivity index (χ3v) is 6.84. The number of likely N-dealkylation sites (N-methyl/N-ethyl adjacent to an activating group) is 1. The first-order chi connectivity index (χ1) is 10.0. The van der Waals surface area contributed by atoms with Crippen molar-refractivity contribution in [1.29, 1.82) is 0 Å². The van der Waals surface area contributed by atoms with E-state index in [-0.39, 0.29) is 6.04 Å². The number of hydrogen-bond acceptors (Lipinski definition) is 5. The third-order valence-electron chi connectivity index (χ3n) is 3.61. The molecule has 7 heteroatoms. The highest BCUT2D eigenvalue weighted by Crippen LogP contribution is 2.22. The van der Waals surface area contributed by atoms with Crippen LogP contribution in [0.15, 0.2) is 16.3 Å². The van der Waals surface area contributed by atoms with Gasteiger partial charge in [-0.25, -0.2) is 13.1 Å². The van der Waals surface area contributed by atoms with E-state index in [9.17, 15) is 8.42 Å². The van der Waals surface area contributed by atoms with Crippen LogP contribution < -0.4 is 10.0 Å². The van der Waals surface area contributed by atoms with Gasteiger partial charge in [-0.3, -0.25) is 0 Å². The Kier molecular flexibility index (Phi) is 6.19. The molecule has 0 aromatic carbocycles. The lowest BCUT2D eigenvalue weighted by molar-refractivity contribution is 0.313. The number of hydrogen-bond donors (Lipinski definition) is 2. The first-order valence-electron chi connectivity index (χ1n) is 7.49. The summed E-state index contributed by atoms with van der Waals surface area (Å²) in [5, 5.41) is 3.07. The fourth-order valence-corrected chi connectivity index (χ4v) is 5.20. The Labute approximate surface area is 131 Å².